The number of esters is 1. The molecule has 0 saturated heterocycles. The van der Waals surface area contributed by atoms with Crippen LogP contribution in [0.25, 0.3) is 0 Å². The maximum absolute atomic E-state index is 12.6. The van der Waals surface area contributed by atoms with Crippen LogP contribution in [0.4, 0.5) is 5.69 Å². The van der Waals surface area contributed by atoms with Crippen molar-refractivity contribution in [2.75, 3.05) is 13.7 Å². The van der Waals surface area contributed by atoms with E-state index in [1.165, 1.54) is 24.1 Å². The van der Waals surface area contributed by atoms with E-state index in [1.807, 2.05) is 18.2 Å². The van der Waals surface area contributed by atoms with Crippen molar-refractivity contribution in [1.82, 2.24) is 14.7 Å². The van der Waals surface area contributed by atoms with Gasteiger partial charge in [0.05, 0.1) is 11.0 Å². The first kappa shape index (κ1) is 20.5. The summed E-state index contributed by atoms with van der Waals surface area (Å²) in [6.07, 6.45) is 2.86. The van der Waals surface area contributed by atoms with E-state index in [1.54, 1.807) is 11.9 Å². The number of nitrogens with zero attached hydrogens (tertiary/aromatic N) is 4. The van der Waals surface area contributed by atoms with E-state index < -0.39 is 10.9 Å². The molecule has 9 heteroatoms. The number of carbonyl (C=O) groups is 2. The summed E-state index contributed by atoms with van der Waals surface area (Å²) in [5, 5.41) is 15.1. The Kier molecular flexibility index (Phi) is 5.95. The second kappa shape index (κ2) is 8.42. The normalized spacial score (nSPS) is 15.5. The number of fused-ring (bicyclic) bond motifs is 1. The van der Waals surface area contributed by atoms with E-state index in [2.05, 4.69) is 11.2 Å². The first-order valence-electron chi connectivity index (χ1n) is 9.47. The third-order valence-electron chi connectivity index (χ3n) is 5.36. The van der Waals surface area contributed by atoms with Crippen molar-refractivity contribution >= 4 is 17.6 Å². The molecule has 0 N–H and O–H groups in total. The molecule has 154 valence electrons. The van der Waals surface area contributed by atoms with Gasteiger partial charge in [-0.2, -0.15) is 5.10 Å². The van der Waals surface area contributed by atoms with Gasteiger partial charge in [0.25, 0.3) is 5.91 Å². The maximum atomic E-state index is 12.6. The zero-order valence-electron chi connectivity index (χ0n) is 16.8. The SMILES string of the molecule is Cc1nn(CC(=O)OCC(=O)N(C)C2CCCc3ccccc32)c(C)c1[N+](=O)[O-]. The van der Waals surface area contributed by atoms with Crippen LogP contribution in [0.2, 0.25) is 0 Å². The van der Waals surface area contributed by atoms with Gasteiger partial charge in [-0.15, -0.1) is 0 Å². The highest BCUT2D eigenvalue weighted by Crippen LogP contribution is 2.33. The number of aryl methyl sites for hydroxylation is 2. The average Bonchev–Trinajstić information content (AvgIpc) is 2.98. The van der Waals surface area contributed by atoms with Crippen LogP contribution in [-0.4, -0.2) is 45.1 Å². The lowest BCUT2D eigenvalue weighted by Crippen LogP contribution is -2.36. The van der Waals surface area contributed by atoms with Crippen molar-refractivity contribution in [2.45, 2.75) is 45.7 Å². The Labute approximate surface area is 168 Å². The van der Waals surface area contributed by atoms with Gasteiger partial charge in [0.15, 0.2) is 6.61 Å². The smallest absolute Gasteiger partial charge is 0.328 e. The molecule has 1 heterocycles. The number of rotatable bonds is 6. The Bertz CT molecular complexity index is 952. The average molecular weight is 400 g/mol. The van der Waals surface area contributed by atoms with Crippen LogP contribution >= 0.6 is 0 Å². The number of hydrogen-bond donors (Lipinski definition) is 0. The Morgan fingerprint density at radius 2 is 2.07 bits per heavy atom. The number of ether oxygens (including phenoxy) is 1. The second-order valence-electron chi connectivity index (χ2n) is 7.21. The molecule has 0 aliphatic heterocycles. The van der Waals surface area contributed by atoms with E-state index in [4.69, 9.17) is 4.74 Å². The summed E-state index contributed by atoms with van der Waals surface area (Å²) < 4.78 is 6.34. The predicted octanol–water partition coefficient (Wildman–Crippen LogP) is 2.49. The van der Waals surface area contributed by atoms with E-state index in [9.17, 15) is 19.7 Å². The zero-order valence-corrected chi connectivity index (χ0v) is 16.8. The molecule has 0 radical (unpaired) electrons. The quantitative estimate of drug-likeness (QED) is 0.419. The van der Waals surface area contributed by atoms with Gasteiger partial charge >= 0.3 is 11.7 Å². The van der Waals surface area contributed by atoms with Crippen molar-refractivity contribution in [3.8, 4) is 0 Å². The highest BCUT2D eigenvalue weighted by molar-refractivity contribution is 5.81. The Morgan fingerprint density at radius 3 is 2.76 bits per heavy atom. The fraction of sp³-hybridized carbons (Fsp3) is 0.450. The molecular formula is C20H24N4O5. The molecule has 1 aromatic carbocycles. The molecule has 1 aliphatic rings. The lowest BCUT2D eigenvalue weighted by molar-refractivity contribution is -0.386. The second-order valence-corrected chi connectivity index (χ2v) is 7.21. The minimum atomic E-state index is -0.670. The number of amides is 1. The van der Waals surface area contributed by atoms with Gasteiger partial charge in [-0.05, 0) is 44.2 Å². The van der Waals surface area contributed by atoms with Gasteiger partial charge < -0.3 is 9.64 Å². The molecule has 1 atom stereocenters. The summed E-state index contributed by atoms with van der Waals surface area (Å²) in [5.41, 5.74) is 2.76. The summed E-state index contributed by atoms with van der Waals surface area (Å²) in [4.78, 5) is 36.8. The summed E-state index contributed by atoms with van der Waals surface area (Å²) in [6, 6.07) is 8.03. The summed E-state index contributed by atoms with van der Waals surface area (Å²) in [5.74, 6) is -0.962. The van der Waals surface area contributed by atoms with E-state index in [-0.39, 0.29) is 42.2 Å². The van der Waals surface area contributed by atoms with Crippen molar-refractivity contribution in [1.29, 1.82) is 0 Å². The number of carbonyl (C=O) groups excluding carboxylic acids is 2. The maximum Gasteiger partial charge on any atom is 0.328 e. The molecule has 1 unspecified atom stereocenters. The molecule has 0 bridgehead atoms. The van der Waals surface area contributed by atoms with Crippen LogP contribution in [0.3, 0.4) is 0 Å². The van der Waals surface area contributed by atoms with Crippen molar-refractivity contribution in [3.63, 3.8) is 0 Å². The van der Waals surface area contributed by atoms with Crippen LogP contribution in [-0.2, 0) is 27.3 Å². The first-order valence-corrected chi connectivity index (χ1v) is 9.47. The molecule has 29 heavy (non-hydrogen) atoms. The van der Waals surface area contributed by atoms with Gasteiger partial charge in [-0.25, -0.2) is 0 Å². The first-order chi connectivity index (χ1) is 13.8. The fourth-order valence-electron chi connectivity index (χ4n) is 3.82. The summed E-state index contributed by atoms with van der Waals surface area (Å²) >= 11 is 0. The summed E-state index contributed by atoms with van der Waals surface area (Å²) in [7, 11) is 1.72. The molecule has 2 aromatic rings. The lowest BCUT2D eigenvalue weighted by atomic mass is 9.87. The van der Waals surface area contributed by atoms with Crippen LogP contribution < -0.4 is 0 Å². The van der Waals surface area contributed by atoms with Crippen molar-refractivity contribution < 1.29 is 19.2 Å². The molecule has 0 fully saturated rings. The van der Waals surface area contributed by atoms with Crippen LogP contribution in [0, 0.1) is 24.0 Å². The van der Waals surface area contributed by atoms with Crippen LogP contribution in [0.15, 0.2) is 24.3 Å². The number of likely N-dealkylation sites (N-methyl/N-ethyl adjacent to an activating group) is 1. The highest BCUT2D eigenvalue weighted by Gasteiger charge is 2.27. The topological polar surface area (TPSA) is 108 Å². The highest BCUT2D eigenvalue weighted by atomic mass is 16.6. The van der Waals surface area contributed by atoms with Crippen LogP contribution in [0.5, 0.6) is 0 Å². The monoisotopic (exact) mass is 400 g/mol. The Balaban J connectivity index is 1.59. The van der Waals surface area contributed by atoms with Gasteiger partial charge in [0.1, 0.15) is 17.9 Å². The minimum Gasteiger partial charge on any atom is -0.454 e. The van der Waals surface area contributed by atoms with Crippen molar-refractivity contribution in [3.05, 3.63) is 56.9 Å². The van der Waals surface area contributed by atoms with E-state index in [0.29, 0.717) is 0 Å². The molecule has 9 nitrogen and oxygen atoms in total. The number of nitro groups is 1. The van der Waals surface area contributed by atoms with Gasteiger partial charge in [-0.1, -0.05) is 24.3 Å². The minimum absolute atomic E-state index is 0.0372. The van der Waals surface area contributed by atoms with Crippen LogP contribution in [0.1, 0.15) is 41.4 Å². The van der Waals surface area contributed by atoms with Gasteiger partial charge in [0.2, 0.25) is 0 Å². The number of aromatic nitrogens is 2. The third kappa shape index (κ3) is 4.28. The number of benzene rings is 1. The Morgan fingerprint density at radius 1 is 1.34 bits per heavy atom. The Hall–Kier alpha value is -3.23. The van der Waals surface area contributed by atoms with Crippen molar-refractivity contribution in [2.24, 2.45) is 0 Å². The zero-order chi connectivity index (χ0) is 21.1. The molecule has 0 spiro atoms. The lowest BCUT2D eigenvalue weighted by Gasteiger charge is -2.33. The van der Waals surface area contributed by atoms with Gasteiger partial charge in [0, 0.05) is 7.05 Å². The molecule has 1 aliphatic carbocycles. The van der Waals surface area contributed by atoms with Gasteiger partial charge in [-0.3, -0.25) is 24.4 Å². The molecule has 1 aromatic heterocycles. The molecular weight excluding hydrogens is 376 g/mol. The molecule has 0 saturated carbocycles. The fourth-order valence-corrected chi connectivity index (χ4v) is 3.82. The third-order valence-corrected chi connectivity index (χ3v) is 5.36. The molecule has 3 rings (SSSR count). The van der Waals surface area contributed by atoms with E-state index >= 15 is 0 Å². The molecule has 1 amide bonds. The largest absolute Gasteiger partial charge is 0.454 e. The van der Waals surface area contributed by atoms with E-state index in [0.717, 1.165) is 24.8 Å². The standard InChI is InChI=1S/C20H24N4O5/c1-13-20(24(27)28)14(2)23(21-13)11-19(26)29-12-18(25)22(3)17-10-6-8-15-7-4-5-9-16(15)17/h4-5,7,9,17H,6,8,10-12H2,1-3H3. The summed E-state index contributed by atoms with van der Waals surface area (Å²) in [6.45, 7) is 2.36. The number of hydrogen-bond acceptors (Lipinski definition) is 6. The predicted molar refractivity (Wildman–Crippen MR) is 104 cm³/mol.